The SMILES string of the molecule is CC(C)(CO)C1(C(C)(C)CO)CN(C(=O)O)CCN1C(=O)O. The molecule has 128 valence electrons. The van der Waals surface area contributed by atoms with Crippen molar-refractivity contribution in [2.24, 2.45) is 10.8 Å². The Balaban J connectivity index is 3.57. The quantitative estimate of drug-likeness (QED) is 0.606. The molecule has 1 aliphatic rings. The zero-order valence-electron chi connectivity index (χ0n) is 13.5. The number of aliphatic hydroxyl groups excluding tert-OH is 2. The van der Waals surface area contributed by atoms with E-state index in [1.165, 1.54) is 4.90 Å². The van der Waals surface area contributed by atoms with Gasteiger partial charge >= 0.3 is 12.2 Å². The van der Waals surface area contributed by atoms with Crippen molar-refractivity contribution in [1.29, 1.82) is 0 Å². The Morgan fingerprint density at radius 1 is 0.955 bits per heavy atom. The average molecular weight is 318 g/mol. The Morgan fingerprint density at radius 2 is 1.41 bits per heavy atom. The van der Waals surface area contributed by atoms with Crippen LogP contribution in [0.15, 0.2) is 0 Å². The fraction of sp³-hybridized carbons (Fsp3) is 0.857. The van der Waals surface area contributed by atoms with Crippen LogP contribution < -0.4 is 0 Å². The number of carboxylic acid groups (broad SMARTS) is 2. The molecule has 1 saturated heterocycles. The number of rotatable bonds is 4. The van der Waals surface area contributed by atoms with Gasteiger partial charge in [-0.25, -0.2) is 9.59 Å². The third kappa shape index (κ3) is 2.61. The predicted molar refractivity (Wildman–Crippen MR) is 78.8 cm³/mol. The van der Waals surface area contributed by atoms with Crippen molar-refractivity contribution in [2.45, 2.75) is 33.2 Å². The average Bonchev–Trinajstić information content (AvgIpc) is 2.45. The molecule has 1 fully saturated rings. The van der Waals surface area contributed by atoms with Gasteiger partial charge in [-0.2, -0.15) is 0 Å². The zero-order chi connectivity index (χ0) is 17.3. The van der Waals surface area contributed by atoms with Crippen LogP contribution in [-0.4, -0.2) is 80.8 Å². The summed E-state index contributed by atoms with van der Waals surface area (Å²) < 4.78 is 0. The normalized spacial score (nSPS) is 19.2. The van der Waals surface area contributed by atoms with Gasteiger partial charge in [0.15, 0.2) is 0 Å². The molecule has 2 amide bonds. The van der Waals surface area contributed by atoms with Gasteiger partial charge in [-0.3, -0.25) is 4.90 Å². The lowest BCUT2D eigenvalue weighted by Gasteiger charge is -2.62. The highest BCUT2D eigenvalue weighted by atomic mass is 16.4. The Labute approximate surface area is 129 Å². The minimum Gasteiger partial charge on any atom is -0.465 e. The molecule has 1 heterocycles. The first-order chi connectivity index (χ1) is 9.96. The van der Waals surface area contributed by atoms with E-state index in [0.717, 1.165) is 4.90 Å². The number of carbonyl (C=O) groups is 2. The van der Waals surface area contributed by atoms with Crippen molar-refractivity contribution in [1.82, 2.24) is 9.80 Å². The Kier molecular flexibility index (Phi) is 4.98. The number of hydrogen-bond acceptors (Lipinski definition) is 4. The second kappa shape index (κ2) is 5.92. The summed E-state index contributed by atoms with van der Waals surface area (Å²) in [5.41, 5.74) is -3.16. The highest BCUT2D eigenvalue weighted by molar-refractivity contribution is 5.69. The van der Waals surface area contributed by atoms with E-state index in [2.05, 4.69) is 0 Å². The molecule has 0 aliphatic carbocycles. The van der Waals surface area contributed by atoms with E-state index < -0.39 is 28.6 Å². The van der Waals surface area contributed by atoms with Crippen LogP contribution in [0.2, 0.25) is 0 Å². The van der Waals surface area contributed by atoms with Gasteiger partial charge in [-0.15, -0.1) is 0 Å². The second-order valence-electron chi connectivity index (χ2n) is 7.08. The van der Waals surface area contributed by atoms with E-state index in [9.17, 15) is 30.0 Å². The Hall–Kier alpha value is -1.54. The first-order valence-electron chi connectivity index (χ1n) is 7.17. The minimum atomic E-state index is -1.26. The summed E-state index contributed by atoms with van der Waals surface area (Å²) in [6, 6.07) is 0. The lowest BCUT2D eigenvalue weighted by molar-refractivity contribution is -0.149. The minimum absolute atomic E-state index is 0.00546. The van der Waals surface area contributed by atoms with Gasteiger partial charge in [0.25, 0.3) is 0 Å². The van der Waals surface area contributed by atoms with Crippen molar-refractivity contribution in [3.05, 3.63) is 0 Å². The van der Waals surface area contributed by atoms with Crippen molar-refractivity contribution >= 4 is 12.2 Å². The number of piperazine rings is 1. The van der Waals surface area contributed by atoms with E-state index in [1.807, 2.05) is 0 Å². The van der Waals surface area contributed by atoms with Crippen molar-refractivity contribution in [3.8, 4) is 0 Å². The molecule has 8 heteroatoms. The molecular formula is C14H26N2O6. The summed E-state index contributed by atoms with van der Waals surface area (Å²) >= 11 is 0. The highest BCUT2D eigenvalue weighted by Gasteiger charge is 2.62. The fourth-order valence-corrected chi connectivity index (χ4v) is 3.61. The van der Waals surface area contributed by atoms with E-state index >= 15 is 0 Å². The number of hydrogen-bond donors (Lipinski definition) is 4. The Morgan fingerprint density at radius 3 is 1.73 bits per heavy atom. The maximum Gasteiger partial charge on any atom is 0.407 e. The van der Waals surface area contributed by atoms with Gasteiger partial charge in [-0.05, 0) is 0 Å². The maximum atomic E-state index is 11.8. The first-order valence-corrected chi connectivity index (χ1v) is 7.17. The van der Waals surface area contributed by atoms with Crippen molar-refractivity contribution in [3.63, 3.8) is 0 Å². The fourth-order valence-electron chi connectivity index (χ4n) is 3.61. The molecule has 0 aromatic rings. The molecule has 22 heavy (non-hydrogen) atoms. The number of amides is 2. The second-order valence-corrected chi connectivity index (χ2v) is 7.08. The monoisotopic (exact) mass is 318 g/mol. The summed E-state index contributed by atoms with van der Waals surface area (Å²) in [5, 5.41) is 38.6. The van der Waals surface area contributed by atoms with Crippen LogP contribution in [0.3, 0.4) is 0 Å². The van der Waals surface area contributed by atoms with E-state index in [-0.39, 0.29) is 32.8 Å². The predicted octanol–water partition coefficient (Wildman–Crippen LogP) is 0.736. The van der Waals surface area contributed by atoms with Crippen molar-refractivity contribution < 1.29 is 30.0 Å². The van der Waals surface area contributed by atoms with Crippen LogP contribution in [0.1, 0.15) is 27.7 Å². The molecule has 0 aromatic carbocycles. The highest BCUT2D eigenvalue weighted by Crippen LogP contribution is 2.50. The zero-order valence-corrected chi connectivity index (χ0v) is 13.5. The molecule has 0 bridgehead atoms. The number of aliphatic hydroxyl groups is 2. The van der Waals surface area contributed by atoms with Gasteiger partial charge in [0.1, 0.15) is 0 Å². The Bertz CT molecular complexity index is 433. The van der Waals surface area contributed by atoms with Gasteiger partial charge < -0.3 is 25.3 Å². The third-order valence-corrected chi connectivity index (χ3v) is 5.01. The largest absolute Gasteiger partial charge is 0.465 e. The molecule has 4 N–H and O–H groups in total. The third-order valence-electron chi connectivity index (χ3n) is 5.01. The maximum absolute atomic E-state index is 11.8. The lowest BCUT2D eigenvalue weighted by Crippen LogP contribution is -2.76. The van der Waals surface area contributed by atoms with Crippen LogP contribution in [0.5, 0.6) is 0 Å². The standard InChI is InChI=1S/C14H26N2O6/c1-12(2,8-17)14(13(3,4)9-18)7-15(10(19)20)5-6-16(14)11(21)22/h17-18H,5-9H2,1-4H3,(H,19,20)(H,21,22). The topological polar surface area (TPSA) is 122 Å². The van der Waals surface area contributed by atoms with Gasteiger partial charge in [0.05, 0.1) is 18.8 Å². The molecule has 0 spiro atoms. The molecule has 8 nitrogen and oxygen atoms in total. The van der Waals surface area contributed by atoms with Crippen LogP contribution in [0, 0.1) is 10.8 Å². The van der Waals surface area contributed by atoms with Crippen LogP contribution in [-0.2, 0) is 0 Å². The summed E-state index contributed by atoms with van der Waals surface area (Å²) in [6.45, 7) is 6.02. The molecule has 0 saturated carbocycles. The molecule has 0 radical (unpaired) electrons. The first kappa shape index (κ1) is 18.5. The molecule has 0 aromatic heterocycles. The van der Waals surface area contributed by atoms with Gasteiger partial charge in [0.2, 0.25) is 0 Å². The molecular weight excluding hydrogens is 292 g/mol. The van der Waals surface area contributed by atoms with E-state index in [4.69, 9.17) is 0 Å². The van der Waals surface area contributed by atoms with Gasteiger partial charge in [-0.1, -0.05) is 27.7 Å². The van der Waals surface area contributed by atoms with Crippen LogP contribution in [0.4, 0.5) is 9.59 Å². The summed E-state index contributed by atoms with van der Waals surface area (Å²) in [4.78, 5) is 25.5. The molecule has 0 unspecified atom stereocenters. The summed E-state index contributed by atoms with van der Waals surface area (Å²) in [6.07, 6.45) is -2.33. The lowest BCUT2D eigenvalue weighted by atomic mass is 9.57. The van der Waals surface area contributed by atoms with Gasteiger partial charge in [0, 0.05) is 30.5 Å². The van der Waals surface area contributed by atoms with Crippen molar-refractivity contribution in [2.75, 3.05) is 32.8 Å². The number of nitrogens with zero attached hydrogens (tertiary/aromatic N) is 2. The van der Waals surface area contributed by atoms with Crippen LogP contribution >= 0.6 is 0 Å². The van der Waals surface area contributed by atoms with E-state index in [1.54, 1.807) is 27.7 Å². The molecule has 0 atom stereocenters. The summed E-state index contributed by atoms with van der Waals surface area (Å²) in [7, 11) is 0. The van der Waals surface area contributed by atoms with E-state index in [0.29, 0.717) is 0 Å². The molecule has 1 rings (SSSR count). The smallest absolute Gasteiger partial charge is 0.407 e. The summed E-state index contributed by atoms with van der Waals surface area (Å²) in [5.74, 6) is 0. The molecule has 1 aliphatic heterocycles. The van der Waals surface area contributed by atoms with Crippen LogP contribution in [0.25, 0.3) is 0 Å².